The summed E-state index contributed by atoms with van der Waals surface area (Å²) in [5.74, 6) is 0. The van der Waals surface area contributed by atoms with E-state index in [0.717, 1.165) is 17.4 Å². The fourth-order valence-corrected chi connectivity index (χ4v) is 1.55. The first kappa shape index (κ1) is 11.0. The van der Waals surface area contributed by atoms with Gasteiger partial charge in [-0.1, -0.05) is 36.4 Å². The van der Waals surface area contributed by atoms with Crippen molar-refractivity contribution in [2.24, 2.45) is 0 Å². The Labute approximate surface area is 97.7 Å². The average molecular weight is 227 g/mol. The minimum absolute atomic E-state index is 0.0574. The van der Waals surface area contributed by atoms with Crippen LogP contribution in [0.4, 0.5) is 5.69 Å². The van der Waals surface area contributed by atoms with Gasteiger partial charge in [0.15, 0.2) is 0 Å². The fourth-order valence-electron chi connectivity index (χ4n) is 1.55. The molecule has 0 amide bonds. The van der Waals surface area contributed by atoms with Crippen molar-refractivity contribution in [1.82, 2.24) is 0 Å². The Morgan fingerprint density at radius 2 is 1.71 bits per heavy atom. The van der Waals surface area contributed by atoms with Crippen LogP contribution in [-0.2, 0) is 0 Å². The van der Waals surface area contributed by atoms with Gasteiger partial charge < -0.3 is 0 Å². The first-order chi connectivity index (χ1) is 8.20. The van der Waals surface area contributed by atoms with Crippen LogP contribution in [0.15, 0.2) is 48.5 Å². The van der Waals surface area contributed by atoms with Crippen molar-refractivity contribution in [3.8, 4) is 11.1 Å². The molecule has 17 heavy (non-hydrogen) atoms. The first-order valence-corrected chi connectivity index (χ1v) is 5.01. The summed E-state index contributed by atoms with van der Waals surface area (Å²) in [6.07, 6.45) is 0.761. The molecule has 0 aliphatic rings. The summed E-state index contributed by atoms with van der Waals surface area (Å²) in [6, 6.07) is 13.3. The van der Waals surface area contributed by atoms with E-state index in [2.05, 4.69) is 0 Å². The van der Waals surface area contributed by atoms with Crippen LogP contribution in [0, 0.1) is 10.1 Å². The van der Waals surface area contributed by atoms with Gasteiger partial charge in [0.1, 0.15) is 6.29 Å². The summed E-state index contributed by atoms with van der Waals surface area (Å²) in [6.45, 7) is 0. The van der Waals surface area contributed by atoms with E-state index in [-0.39, 0.29) is 5.69 Å². The number of benzene rings is 2. The molecule has 0 spiro atoms. The van der Waals surface area contributed by atoms with Crippen molar-refractivity contribution in [2.45, 2.75) is 0 Å². The second-order valence-electron chi connectivity index (χ2n) is 3.55. The highest BCUT2D eigenvalue weighted by atomic mass is 16.6. The van der Waals surface area contributed by atoms with Crippen molar-refractivity contribution in [2.75, 3.05) is 0 Å². The van der Waals surface area contributed by atoms with Gasteiger partial charge in [0.25, 0.3) is 5.69 Å². The van der Waals surface area contributed by atoms with Crippen LogP contribution in [0.25, 0.3) is 11.1 Å². The Kier molecular flexibility index (Phi) is 2.96. The molecule has 0 radical (unpaired) electrons. The van der Waals surface area contributed by atoms with Crippen LogP contribution >= 0.6 is 0 Å². The Balaban J connectivity index is 2.41. The maximum Gasteiger partial charge on any atom is 0.270 e. The molecule has 0 bridgehead atoms. The van der Waals surface area contributed by atoms with E-state index >= 15 is 0 Å². The van der Waals surface area contributed by atoms with Crippen LogP contribution in [0.1, 0.15) is 10.4 Å². The molecule has 4 heteroatoms. The number of non-ortho nitro benzene ring substituents is 1. The number of carbonyl (C=O) groups excluding carboxylic acids is 1. The fraction of sp³-hybridized carbons (Fsp3) is 0. The zero-order chi connectivity index (χ0) is 12.3. The zero-order valence-corrected chi connectivity index (χ0v) is 8.87. The standard InChI is InChI=1S/C13H9NO3/c15-9-10-4-6-11(7-5-10)12-2-1-3-13(8-12)14(16)17/h1-9H. The summed E-state index contributed by atoms with van der Waals surface area (Å²) in [7, 11) is 0. The molecule has 0 unspecified atom stereocenters. The van der Waals surface area contributed by atoms with Crippen molar-refractivity contribution >= 4 is 12.0 Å². The molecule has 0 aromatic heterocycles. The lowest BCUT2D eigenvalue weighted by Gasteiger charge is -2.01. The van der Waals surface area contributed by atoms with Crippen LogP contribution in [0.3, 0.4) is 0 Å². The molecule has 4 nitrogen and oxygen atoms in total. The van der Waals surface area contributed by atoms with Crippen LogP contribution in [-0.4, -0.2) is 11.2 Å². The monoisotopic (exact) mass is 227 g/mol. The van der Waals surface area contributed by atoms with E-state index in [4.69, 9.17) is 0 Å². The SMILES string of the molecule is O=Cc1ccc(-c2cccc([N+](=O)[O-])c2)cc1. The lowest BCUT2D eigenvalue weighted by molar-refractivity contribution is -0.384. The third-order valence-electron chi connectivity index (χ3n) is 2.44. The number of rotatable bonds is 3. The number of carbonyl (C=O) groups is 1. The number of nitro benzene ring substituents is 1. The summed E-state index contributed by atoms with van der Waals surface area (Å²) < 4.78 is 0. The Bertz CT molecular complexity index is 561. The molecular weight excluding hydrogens is 218 g/mol. The van der Waals surface area contributed by atoms with E-state index in [1.807, 2.05) is 0 Å². The van der Waals surface area contributed by atoms with Crippen LogP contribution in [0.2, 0.25) is 0 Å². The van der Waals surface area contributed by atoms with E-state index in [0.29, 0.717) is 5.56 Å². The number of nitrogens with zero attached hydrogens (tertiary/aromatic N) is 1. The smallest absolute Gasteiger partial charge is 0.270 e. The Morgan fingerprint density at radius 1 is 1.00 bits per heavy atom. The predicted molar refractivity (Wildman–Crippen MR) is 63.9 cm³/mol. The molecule has 0 N–H and O–H groups in total. The molecule has 0 saturated heterocycles. The molecule has 0 atom stereocenters. The first-order valence-electron chi connectivity index (χ1n) is 5.01. The summed E-state index contributed by atoms with van der Waals surface area (Å²) in [5.41, 5.74) is 2.25. The number of aldehydes is 1. The Morgan fingerprint density at radius 3 is 2.29 bits per heavy atom. The van der Waals surface area contributed by atoms with E-state index < -0.39 is 4.92 Å². The quantitative estimate of drug-likeness (QED) is 0.460. The van der Waals surface area contributed by atoms with Gasteiger partial charge in [-0.15, -0.1) is 0 Å². The highest BCUT2D eigenvalue weighted by Gasteiger charge is 2.06. The zero-order valence-electron chi connectivity index (χ0n) is 8.87. The molecule has 0 saturated carbocycles. The normalized spacial score (nSPS) is 9.88. The molecule has 2 rings (SSSR count). The lowest BCUT2D eigenvalue weighted by atomic mass is 10.0. The van der Waals surface area contributed by atoms with Crippen LogP contribution in [0.5, 0.6) is 0 Å². The molecule has 2 aromatic rings. The van der Waals surface area contributed by atoms with Gasteiger partial charge in [-0.2, -0.15) is 0 Å². The number of hydrogen-bond acceptors (Lipinski definition) is 3. The number of hydrogen-bond donors (Lipinski definition) is 0. The van der Waals surface area contributed by atoms with Crippen molar-refractivity contribution in [3.63, 3.8) is 0 Å². The molecule has 2 aromatic carbocycles. The van der Waals surface area contributed by atoms with Gasteiger partial charge in [0.2, 0.25) is 0 Å². The largest absolute Gasteiger partial charge is 0.298 e. The highest BCUT2D eigenvalue weighted by molar-refractivity contribution is 5.77. The second kappa shape index (κ2) is 4.57. The van der Waals surface area contributed by atoms with Crippen LogP contribution < -0.4 is 0 Å². The highest BCUT2D eigenvalue weighted by Crippen LogP contribution is 2.23. The maximum absolute atomic E-state index is 10.6. The molecule has 0 heterocycles. The topological polar surface area (TPSA) is 60.2 Å². The molecule has 84 valence electrons. The third-order valence-corrected chi connectivity index (χ3v) is 2.44. The third kappa shape index (κ3) is 2.36. The number of nitro groups is 1. The van der Waals surface area contributed by atoms with Gasteiger partial charge in [-0.05, 0) is 11.1 Å². The summed E-state index contributed by atoms with van der Waals surface area (Å²) in [5, 5.41) is 10.6. The minimum Gasteiger partial charge on any atom is -0.298 e. The lowest BCUT2D eigenvalue weighted by Crippen LogP contribution is -1.88. The molecule has 0 fully saturated rings. The van der Waals surface area contributed by atoms with Gasteiger partial charge >= 0.3 is 0 Å². The van der Waals surface area contributed by atoms with Gasteiger partial charge in [-0.25, -0.2) is 0 Å². The predicted octanol–water partition coefficient (Wildman–Crippen LogP) is 3.07. The van der Waals surface area contributed by atoms with Crippen molar-refractivity contribution in [1.29, 1.82) is 0 Å². The van der Waals surface area contributed by atoms with Gasteiger partial charge in [0.05, 0.1) is 4.92 Å². The average Bonchev–Trinajstić information content (AvgIpc) is 2.39. The second-order valence-corrected chi connectivity index (χ2v) is 3.55. The van der Waals surface area contributed by atoms with Crippen molar-refractivity contribution in [3.05, 3.63) is 64.2 Å². The molecule has 0 aliphatic carbocycles. The van der Waals surface area contributed by atoms with E-state index in [1.54, 1.807) is 36.4 Å². The molecule has 0 aliphatic heterocycles. The summed E-state index contributed by atoms with van der Waals surface area (Å²) >= 11 is 0. The van der Waals surface area contributed by atoms with E-state index in [9.17, 15) is 14.9 Å². The maximum atomic E-state index is 10.6. The summed E-state index contributed by atoms with van der Waals surface area (Å²) in [4.78, 5) is 20.7. The van der Waals surface area contributed by atoms with Crippen molar-refractivity contribution < 1.29 is 9.72 Å². The van der Waals surface area contributed by atoms with Gasteiger partial charge in [0, 0.05) is 17.7 Å². The Hall–Kier alpha value is -2.49. The van der Waals surface area contributed by atoms with Gasteiger partial charge in [-0.3, -0.25) is 14.9 Å². The minimum atomic E-state index is -0.427. The van der Waals surface area contributed by atoms with E-state index in [1.165, 1.54) is 12.1 Å². The molecular formula is C13H9NO3.